The van der Waals surface area contributed by atoms with Gasteiger partial charge in [-0.1, -0.05) is 12.1 Å². The van der Waals surface area contributed by atoms with Gasteiger partial charge >= 0.3 is 0 Å². The van der Waals surface area contributed by atoms with Crippen molar-refractivity contribution < 1.29 is 9.13 Å². The van der Waals surface area contributed by atoms with Crippen molar-refractivity contribution in [2.24, 2.45) is 4.99 Å². The van der Waals surface area contributed by atoms with Crippen molar-refractivity contribution in [2.75, 3.05) is 78.5 Å². The molecule has 0 aliphatic carbocycles. The minimum atomic E-state index is -0.155. The highest BCUT2D eigenvalue weighted by atomic mass is 19.1. The number of benzene rings is 1. The van der Waals surface area contributed by atoms with Gasteiger partial charge in [0.2, 0.25) is 0 Å². The van der Waals surface area contributed by atoms with Crippen molar-refractivity contribution in [3.8, 4) is 0 Å². The summed E-state index contributed by atoms with van der Waals surface area (Å²) in [6, 6.07) is 6.96. The predicted octanol–water partition coefficient (Wildman–Crippen LogP) is 1.10. The first-order chi connectivity index (χ1) is 12.2. The summed E-state index contributed by atoms with van der Waals surface area (Å²) in [7, 11) is 5.60. The molecule has 0 spiro atoms. The second-order valence-corrected chi connectivity index (χ2v) is 6.20. The smallest absolute Gasteiger partial charge is 0.193 e. The van der Waals surface area contributed by atoms with Crippen LogP contribution >= 0.6 is 0 Å². The molecule has 6 nitrogen and oxygen atoms in total. The molecule has 0 atom stereocenters. The second-order valence-electron chi connectivity index (χ2n) is 6.20. The van der Waals surface area contributed by atoms with Crippen molar-refractivity contribution in [3.05, 3.63) is 30.1 Å². The van der Waals surface area contributed by atoms with Gasteiger partial charge in [-0.15, -0.1) is 0 Å². The molecule has 1 aromatic rings. The Kier molecular flexibility index (Phi) is 7.94. The number of nitrogens with zero attached hydrogens (tertiary/aromatic N) is 4. The van der Waals surface area contributed by atoms with Gasteiger partial charge in [-0.2, -0.15) is 0 Å². The number of hydrogen-bond acceptors (Lipinski definition) is 4. The number of para-hydroxylation sites is 1. The Morgan fingerprint density at radius 2 is 1.96 bits per heavy atom. The third kappa shape index (κ3) is 5.86. The van der Waals surface area contributed by atoms with Crippen molar-refractivity contribution in [3.63, 3.8) is 0 Å². The van der Waals surface area contributed by atoms with E-state index in [0.717, 1.165) is 58.4 Å². The van der Waals surface area contributed by atoms with Crippen LogP contribution in [0.2, 0.25) is 0 Å². The number of likely N-dealkylation sites (N-methyl/N-ethyl adjacent to an activating group) is 1. The number of aliphatic imine (C=N–C) groups is 1. The second kappa shape index (κ2) is 10.2. The van der Waals surface area contributed by atoms with Gasteiger partial charge in [0.1, 0.15) is 5.82 Å². The van der Waals surface area contributed by atoms with Gasteiger partial charge in [0.15, 0.2) is 5.96 Å². The lowest BCUT2D eigenvalue weighted by atomic mass is 10.2. The van der Waals surface area contributed by atoms with E-state index in [0.29, 0.717) is 5.69 Å². The fraction of sp³-hybridized carbons (Fsp3) is 0.611. The molecule has 1 N–H and O–H groups in total. The van der Waals surface area contributed by atoms with Crippen LogP contribution in [0, 0.1) is 5.82 Å². The average molecular weight is 351 g/mol. The van der Waals surface area contributed by atoms with E-state index in [2.05, 4.69) is 32.1 Å². The average Bonchev–Trinajstić information content (AvgIpc) is 2.64. The number of anilines is 1. The van der Waals surface area contributed by atoms with Crippen LogP contribution in [-0.4, -0.2) is 89.4 Å². The summed E-state index contributed by atoms with van der Waals surface area (Å²) in [4.78, 5) is 10.9. The maximum absolute atomic E-state index is 13.9. The first kappa shape index (κ1) is 19.5. The van der Waals surface area contributed by atoms with E-state index in [9.17, 15) is 4.39 Å². The summed E-state index contributed by atoms with van der Waals surface area (Å²) in [6.45, 7) is 6.64. The number of hydrogen-bond donors (Lipinski definition) is 1. The van der Waals surface area contributed by atoms with Gasteiger partial charge in [0, 0.05) is 60.0 Å². The Hall–Kier alpha value is -1.86. The first-order valence-corrected chi connectivity index (χ1v) is 8.78. The van der Waals surface area contributed by atoms with Crippen LogP contribution in [-0.2, 0) is 4.74 Å². The Morgan fingerprint density at radius 1 is 1.24 bits per heavy atom. The number of rotatable bonds is 7. The van der Waals surface area contributed by atoms with Crippen LogP contribution < -0.4 is 10.2 Å². The van der Waals surface area contributed by atoms with Gasteiger partial charge < -0.3 is 24.8 Å². The SMILES string of the molecule is CN=C(NCCN(C)CCOC)N1CCN(c2ccccc2F)CC1. The van der Waals surface area contributed by atoms with Gasteiger partial charge in [-0.05, 0) is 19.2 Å². The van der Waals surface area contributed by atoms with E-state index >= 15 is 0 Å². The van der Waals surface area contributed by atoms with Gasteiger partial charge in [0.05, 0.1) is 12.3 Å². The maximum atomic E-state index is 13.9. The monoisotopic (exact) mass is 351 g/mol. The fourth-order valence-corrected chi connectivity index (χ4v) is 2.92. The number of guanidine groups is 1. The predicted molar refractivity (Wildman–Crippen MR) is 101 cm³/mol. The normalized spacial score (nSPS) is 15.8. The zero-order valence-electron chi connectivity index (χ0n) is 15.5. The third-order valence-corrected chi connectivity index (χ3v) is 4.44. The molecule has 0 saturated carbocycles. The standard InChI is InChI=1S/C18H30FN5O/c1-20-18(21-8-9-22(2)14-15-25-3)24-12-10-23(11-13-24)17-7-5-4-6-16(17)19/h4-7H,8-15H2,1-3H3,(H,20,21). The molecule has 0 aromatic heterocycles. The Bertz CT molecular complexity index is 546. The van der Waals surface area contributed by atoms with Crippen molar-refractivity contribution in [1.29, 1.82) is 0 Å². The maximum Gasteiger partial charge on any atom is 0.193 e. The van der Waals surface area contributed by atoms with E-state index in [1.165, 1.54) is 6.07 Å². The molecule has 1 aliphatic rings. The fourth-order valence-electron chi connectivity index (χ4n) is 2.92. The van der Waals surface area contributed by atoms with Crippen LogP contribution in [0.3, 0.4) is 0 Å². The van der Waals surface area contributed by atoms with E-state index in [1.54, 1.807) is 20.2 Å². The van der Waals surface area contributed by atoms with Gasteiger partial charge in [-0.25, -0.2) is 4.39 Å². The van der Waals surface area contributed by atoms with Crippen LogP contribution in [0.1, 0.15) is 0 Å². The van der Waals surface area contributed by atoms with Crippen LogP contribution in [0.15, 0.2) is 29.3 Å². The van der Waals surface area contributed by atoms with Crippen LogP contribution in [0.5, 0.6) is 0 Å². The quantitative estimate of drug-likeness (QED) is 0.589. The lowest BCUT2D eigenvalue weighted by molar-refractivity contribution is 0.162. The molecule has 7 heteroatoms. The summed E-state index contributed by atoms with van der Waals surface area (Å²) in [5, 5.41) is 3.41. The largest absolute Gasteiger partial charge is 0.383 e. The van der Waals surface area contributed by atoms with E-state index in [-0.39, 0.29) is 5.82 Å². The van der Waals surface area contributed by atoms with E-state index in [4.69, 9.17) is 4.74 Å². The zero-order valence-corrected chi connectivity index (χ0v) is 15.5. The molecular formula is C18H30FN5O. The van der Waals surface area contributed by atoms with Gasteiger partial charge in [0.25, 0.3) is 0 Å². The van der Waals surface area contributed by atoms with Crippen LogP contribution in [0.25, 0.3) is 0 Å². The number of halogens is 1. The molecule has 0 amide bonds. The van der Waals surface area contributed by atoms with Crippen molar-refractivity contribution in [2.45, 2.75) is 0 Å². The van der Waals surface area contributed by atoms with Crippen molar-refractivity contribution in [1.82, 2.24) is 15.1 Å². The summed E-state index contributed by atoms with van der Waals surface area (Å²) in [6.07, 6.45) is 0. The number of methoxy groups -OCH3 is 1. The molecule has 1 aliphatic heterocycles. The Labute approximate surface area is 150 Å². The number of ether oxygens (including phenoxy) is 1. The summed E-state index contributed by atoms with van der Waals surface area (Å²) < 4.78 is 19.0. The molecule has 1 saturated heterocycles. The van der Waals surface area contributed by atoms with Crippen LogP contribution in [0.4, 0.5) is 10.1 Å². The molecular weight excluding hydrogens is 321 g/mol. The van der Waals surface area contributed by atoms with Gasteiger partial charge in [-0.3, -0.25) is 4.99 Å². The topological polar surface area (TPSA) is 43.3 Å². The molecule has 0 unspecified atom stereocenters. The Morgan fingerprint density at radius 3 is 2.60 bits per heavy atom. The van der Waals surface area contributed by atoms with Crippen molar-refractivity contribution >= 4 is 11.6 Å². The Balaban J connectivity index is 1.77. The highest BCUT2D eigenvalue weighted by molar-refractivity contribution is 5.80. The molecule has 1 fully saturated rings. The summed E-state index contributed by atoms with van der Waals surface area (Å²) >= 11 is 0. The lowest BCUT2D eigenvalue weighted by Crippen LogP contribution is -2.53. The number of nitrogens with one attached hydrogen (secondary N) is 1. The summed E-state index contributed by atoms with van der Waals surface area (Å²) in [5.41, 5.74) is 0.685. The molecule has 0 radical (unpaired) electrons. The lowest BCUT2D eigenvalue weighted by Gasteiger charge is -2.37. The third-order valence-electron chi connectivity index (χ3n) is 4.44. The summed E-state index contributed by atoms with van der Waals surface area (Å²) in [5.74, 6) is 0.755. The minimum absolute atomic E-state index is 0.155. The molecule has 1 aromatic carbocycles. The van der Waals surface area contributed by atoms with E-state index in [1.807, 2.05) is 12.1 Å². The number of piperazine rings is 1. The molecule has 140 valence electrons. The highest BCUT2D eigenvalue weighted by Gasteiger charge is 2.21. The molecule has 25 heavy (non-hydrogen) atoms. The molecule has 2 rings (SSSR count). The van der Waals surface area contributed by atoms with E-state index < -0.39 is 0 Å². The minimum Gasteiger partial charge on any atom is -0.383 e. The highest BCUT2D eigenvalue weighted by Crippen LogP contribution is 2.20. The zero-order chi connectivity index (χ0) is 18.1. The molecule has 0 bridgehead atoms. The molecule has 1 heterocycles. The first-order valence-electron chi connectivity index (χ1n) is 8.78.